The van der Waals surface area contributed by atoms with E-state index in [9.17, 15) is 4.39 Å². The molecule has 0 fully saturated rings. The first kappa shape index (κ1) is 32.2. The van der Waals surface area contributed by atoms with E-state index < -0.39 is 11.6 Å². The number of aryl methyl sites for hydroxylation is 3. The van der Waals surface area contributed by atoms with E-state index in [0.717, 1.165) is 39.7 Å². The molecule has 246 valence electrons. The maximum Gasteiger partial charge on any atom is 0.219 e. The lowest BCUT2D eigenvalue weighted by Gasteiger charge is -2.26. The molecular weight excluding hydrogens is 628 g/mol. The molecule has 7 heteroatoms. The summed E-state index contributed by atoms with van der Waals surface area (Å²) >= 11 is 0. The molecule has 0 atom stereocenters. The van der Waals surface area contributed by atoms with Crippen LogP contribution in [-0.2, 0) is 0 Å². The van der Waals surface area contributed by atoms with Gasteiger partial charge in [0.25, 0.3) is 0 Å². The molecule has 2 heterocycles. The Kier molecular flexibility index (Phi) is 9.04. The van der Waals surface area contributed by atoms with E-state index in [1.165, 1.54) is 11.6 Å². The van der Waals surface area contributed by atoms with Gasteiger partial charge in [0.1, 0.15) is 17.3 Å². The van der Waals surface area contributed by atoms with Gasteiger partial charge in [-0.25, -0.2) is 13.8 Å². The summed E-state index contributed by atoms with van der Waals surface area (Å²) in [7, 11) is 0. The van der Waals surface area contributed by atoms with Crippen LogP contribution < -0.4 is 14.4 Å². The lowest BCUT2D eigenvalue weighted by atomic mass is 9.94. The second-order valence-corrected chi connectivity index (χ2v) is 12.0. The normalized spacial score (nSPS) is 10.9. The molecule has 0 saturated carbocycles. The standard InChI is InChI=1S/C43H33F2N3O2/c1-28-20-29(2)43(30(3)21-28)31-17-19-47-42(22-31)50-36-24-34(48(32-12-6-4-7-13-32)33-14-8-5-9-15-33)23-35(25-36)49-41-26-37(38(44)27-39(41)45)40-16-10-11-18-46-40/h4-27H,1-3H3. The van der Waals surface area contributed by atoms with E-state index in [4.69, 9.17) is 9.47 Å². The Morgan fingerprint density at radius 1 is 0.540 bits per heavy atom. The van der Waals surface area contributed by atoms with Gasteiger partial charge < -0.3 is 14.4 Å². The van der Waals surface area contributed by atoms with Crippen molar-refractivity contribution >= 4 is 17.1 Å². The summed E-state index contributed by atoms with van der Waals surface area (Å²) < 4.78 is 42.9. The van der Waals surface area contributed by atoms with Crippen LogP contribution in [0.15, 0.2) is 146 Å². The Bertz CT molecular complexity index is 2220. The molecule has 2 aromatic heterocycles. The number of rotatable bonds is 9. The molecule has 0 bridgehead atoms. The maximum absolute atomic E-state index is 15.3. The van der Waals surface area contributed by atoms with Gasteiger partial charge in [-0.15, -0.1) is 0 Å². The van der Waals surface area contributed by atoms with Crippen LogP contribution in [0.2, 0.25) is 0 Å². The van der Waals surface area contributed by atoms with Crippen molar-refractivity contribution in [3.05, 3.63) is 174 Å². The van der Waals surface area contributed by atoms with E-state index in [1.807, 2.05) is 83.8 Å². The van der Waals surface area contributed by atoms with Crippen molar-refractivity contribution in [3.63, 3.8) is 0 Å². The number of benzene rings is 5. The molecular formula is C43H33F2N3O2. The minimum Gasteiger partial charge on any atom is -0.454 e. The molecule has 0 unspecified atom stereocenters. The molecule has 5 aromatic carbocycles. The van der Waals surface area contributed by atoms with Gasteiger partial charge in [0.2, 0.25) is 5.88 Å². The van der Waals surface area contributed by atoms with Crippen LogP contribution >= 0.6 is 0 Å². The molecule has 0 spiro atoms. The molecule has 7 rings (SSSR count). The largest absolute Gasteiger partial charge is 0.454 e. The van der Waals surface area contributed by atoms with Gasteiger partial charge >= 0.3 is 0 Å². The van der Waals surface area contributed by atoms with Crippen molar-refractivity contribution < 1.29 is 18.3 Å². The number of halogens is 2. The number of nitrogens with zero attached hydrogens (tertiary/aromatic N) is 3. The van der Waals surface area contributed by atoms with Crippen molar-refractivity contribution in [2.24, 2.45) is 0 Å². The third-order valence-electron chi connectivity index (χ3n) is 8.26. The number of aromatic nitrogens is 2. The summed E-state index contributed by atoms with van der Waals surface area (Å²) in [6, 6.07) is 40.5. The topological polar surface area (TPSA) is 47.5 Å². The highest BCUT2D eigenvalue weighted by Crippen LogP contribution is 2.42. The van der Waals surface area contributed by atoms with Crippen molar-refractivity contribution in [1.82, 2.24) is 9.97 Å². The first-order valence-corrected chi connectivity index (χ1v) is 16.2. The molecule has 0 amide bonds. The molecule has 0 aliphatic heterocycles. The van der Waals surface area contributed by atoms with Crippen LogP contribution in [0.25, 0.3) is 22.4 Å². The number of ether oxygens (including phenoxy) is 2. The average Bonchev–Trinajstić information content (AvgIpc) is 3.11. The van der Waals surface area contributed by atoms with Crippen LogP contribution in [0.3, 0.4) is 0 Å². The molecule has 5 nitrogen and oxygen atoms in total. The summed E-state index contributed by atoms with van der Waals surface area (Å²) in [6.07, 6.45) is 3.27. The van der Waals surface area contributed by atoms with Gasteiger partial charge in [0, 0.05) is 59.7 Å². The van der Waals surface area contributed by atoms with Crippen LogP contribution in [0.5, 0.6) is 23.1 Å². The quantitative estimate of drug-likeness (QED) is 0.154. The molecule has 0 N–H and O–H groups in total. The number of anilines is 3. The van der Waals surface area contributed by atoms with E-state index in [-0.39, 0.29) is 17.1 Å². The monoisotopic (exact) mass is 661 g/mol. The van der Waals surface area contributed by atoms with Crippen LogP contribution in [0.1, 0.15) is 16.7 Å². The molecule has 0 aliphatic rings. The van der Waals surface area contributed by atoms with E-state index in [1.54, 1.807) is 42.7 Å². The lowest BCUT2D eigenvalue weighted by Crippen LogP contribution is -2.10. The molecule has 0 saturated heterocycles. The summed E-state index contributed by atoms with van der Waals surface area (Å²) in [6.45, 7) is 6.28. The fraction of sp³-hybridized carbons (Fsp3) is 0.0698. The van der Waals surface area contributed by atoms with Crippen LogP contribution in [0, 0.1) is 32.4 Å². The van der Waals surface area contributed by atoms with Crippen molar-refractivity contribution in [2.75, 3.05) is 4.90 Å². The first-order valence-electron chi connectivity index (χ1n) is 16.2. The van der Waals surface area contributed by atoms with E-state index >= 15 is 4.39 Å². The van der Waals surface area contributed by atoms with Crippen LogP contribution in [-0.4, -0.2) is 9.97 Å². The SMILES string of the molecule is Cc1cc(C)c(-c2ccnc(Oc3cc(Oc4cc(-c5ccccn5)c(F)cc4F)cc(N(c4ccccc4)c4ccccc4)c3)c2)c(C)c1. The Labute approximate surface area is 290 Å². The predicted octanol–water partition coefficient (Wildman–Crippen LogP) is 12.1. The zero-order valence-electron chi connectivity index (χ0n) is 27.8. The average molecular weight is 662 g/mol. The first-order chi connectivity index (χ1) is 24.3. The van der Waals surface area contributed by atoms with Gasteiger partial charge in [0.15, 0.2) is 11.6 Å². The van der Waals surface area contributed by atoms with Crippen molar-refractivity contribution in [2.45, 2.75) is 20.8 Å². The number of para-hydroxylation sites is 2. The molecule has 0 aliphatic carbocycles. The zero-order chi connectivity index (χ0) is 34.6. The Balaban J connectivity index is 1.34. The van der Waals surface area contributed by atoms with Crippen LogP contribution in [0.4, 0.5) is 25.8 Å². The number of hydrogen-bond acceptors (Lipinski definition) is 5. The second kappa shape index (κ2) is 14.0. The van der Waals surface area contributed by atoms with Crippen molar-refractivity contribution in [3.8, 4) is 45.5 Å². The third-order valence-corrected chi connectivity index (χ3v) is 8.26. The minimum atomic E-state index is -0.851. The molecule has 50 heavy (non-hydrogen) atoms. The smallest absolute Gasteiger partial charge is 0.219 e. The minimum absolute atomic E-state index is 0.118. The van der Waals surface area contributed by atoms with Crippen molar-refractivity contribution in [1.29, 1.82) is 0 Å². The number of pyridine rings is 2. The van der Waals surface area contributed by atoms with Gasteiger partial charge in [0.05, 0.1) is 11.4 Å². The second-order valence-electron chi connectivity index (χ2n) is 12.0. The van der Waals surface area contributed by atoms with Gasteiger partial charge in [-0.1, -0.05) is 60.2 Å². The highest BCUT2D eigenvalue weighted by atomic mass is 19.1. The molecule has 7 aromatic rings. The van der Waals surface area contributed by atoms with Gasteiger partial charge in [-0.3, -0.25) is 4.98 Å². The Morgan fingerprint density at radius 2 is 1.18 bits per heavy atom. The predicted molar refractivity (Wildman–Crippen MR) is 195 cm³/mol. The number of hydrogen-bond donors (Lipinski definition) is 0. The van der Waals surface area contributed by atoms with E-state index in [2.05, 4.69) is 42.9 Å². The molecule has 0 radical (unpaired) electrons. The highest BCUT2D eigenvalue weighted by molar-refractivity contribution is 5.78. The van der Waals surface area contributed by atoms with Gasteiger partial charge in [-0.05, 0) is 91.6 Å². The summed E-state index contributed by atoms with van der Waals surface area (Å²) in [5.41, 5.74) is 8.54. The van der Waals surface area contributed by atoms with Gasteiger partial charge in [-0.2, -0.15) is 0 Å². The van der Waals surface area contributed by atoms with E-state index in [0.29, 0.717) is 23.0 Å². The fourth-order valence-corrected chi connectivity index (χ4v) is 6.23. The third kappa shape index (κ3) is 6.93. The maximum atomic E-state index is 15.3. The highest BCUT2D eigenvalue weighted by Gasteiger charge is 2.19. The summed E-state index contributed by atoms with van der Waals surface area (Å²) in [5, 5.41) is 0. The fourth-order valence-electron chi connectivity index (χ4n) is 6.23. The summed E-state index contributed by atoms with van der Waals surface area (Å²) in [5.74, 6) is -0.697. The zero-order valence-corrected chi connectivity index (χ0v) is 27.8. The summed E-state index contributed by atoms with van der Waals surface area (Å²) in [4.78, 5) is 10.8. The Morgan fingerprint density at radius 3 is 1.82 bits per heavy atom. The Hall–Kier alpha value is -6.34. The lowest BCUT2D eigenvalue weighted by molar-refractivity contribution is 0.428.